The molecule has 0 atom stereocenters. The lowest BCUT2D eigenvalue weighted by atomic mass is 10.1. The van der Waals surface area contributed by atoms with Crippen molar-refractivity contribution in [3.8, 4) is 0 Å². The Kier molecular flexibility index (Phi) is 5.22. The molecule has 0 radical (unpaired) electrons. The number of benzene rings is 2. The first-order valence-corrected chi connectivity index (χ1v) is 8.31. The fraction of sp³-hybridized carbons (Fsp3) is 0.200. The van der Waals surface area contributed by atoms with Crippen molar-refractivity contribution >= 4 is 22.8 Å². The van der Waals surface area contributed by atoms with Crippen molar-refractivity contribution in [3.05, 3.63) is 76.2 Å². The predicted molar refractivity (Wildman–Crippen MR) is 97.1 cm³/mol. The van der Waals surface area contributed by atoms with E-state index in [0.717, 1.165) is 18.2 Å². The molecule has 0 unspecified atom stereocenters. The summed E-state index contributed by atoms with van der Waals surface area (Å²) in [6.07, 6.45) is 2.05. The predicted octanol–water partition coefficient (Wildman–Crippen LogP) is 2.39. The second-order valence-electron chi connectivity index (χ2n) is 5.81. The lowest BCUT2D eigenvalue weighted by Gasteiger charge is -2.09. The third-order valence-electron chi connectivity index (χ3n) is 4.09. The van der Waals surface area contributed by atoms with Gasteiger partial charge in [-0.2, -0.15) is 0 Å². The molecule has 0 aliphatic rings. The molecule has 0 spiro atoms. The van der Waals surface area contributed by atoms with Crippen molar-refractivity contribution < 1.29 is 14.3 Å². The van der Waals surface area contributed by atoms with E-state index in [2.05, 4.69) is 4.98 Å². The van der Waals surface area contributed by atoms with E-state index in [-0.39, 0.29) is 18.9 Å². The standard InChI is InChI=1S/C20H18N2O4/c1-2-14-7-9-15(10-8-14)18(23)13-26-20(25)12-22-17-6-4-3-5-16(17)21-11-19(22)24/h3-11H,2,12-13H2,1H3. The Labute approximate surface area is 150 Å². The lowest BCUT2D eigenvalue weighted by molar-refractivity contribution is -0.143. The van der Waals surface area contributed by atoms with E-state index in [1.807, 2.05) is 19.1 Å². The van der Waals surface area contributed by atoms with Gasteiger partial charge in [0.2, 0.25) is 0 Å². The number of carbonyl (C=O) groups is 2. The summed E-state index contributed by atoms with van der Waals surface area (Å²) >= 11 is 0. The van der Waals surface area contributed by atoms with Crippen molar-refractivity contribution in [3.63, 3.8) is 0 Å². The average molecular weight is 350 g/mol. The van der Waals surface area contributed by atoms with Gasteiger partial charge in [0.1, 0.15) is 6.54 Å². The van der Waals surface area contributed by atoms with E-state index < -0.39 is 11.5 Å². The summed E-state index contributed by atoms with van der Waals surface area (Å²) in [4.78, 5) is 40.3. The van der Waals surface area contributed by atoms with Crippen LogP contribution in [0.15, 0.2) is 59.5 Å². The van der Waals surface area contributed by atoms with Crippen LogP contribution in [0.5, 0.6) is 0 Å². The summed E-state index contributed by atoms with van der Waals surface area (Å²) in [7, 11) is 0. The molecule has 1 aromatic heterocycles. The van der Waals surface area contributed by atoms with Crippen molar-refractivity contribution in [2.24, 2.45) is 0 Å². The van der Waals surface area contributed by atoms with Crippen LogP contribution < -0.4 is 5.56 Å². The molecule has 0 amide bonds. The van der Waals surface area contributed by atoms with Gasteiger partial charge >= 0.3 is 5.97 Å². The molecule has 0 fully saturated rings. The Morgan fingerprint density at radius 1 is 1.08 bits per heavy atom. The smallest absolute Gasteiger partial charge is 0.326 e. The monoisotopic (exact) mass is 350 g/mol. The van der Waals surface area contributed by atoms with Crippen LogP contribution in [-0.2, 0) is 22.5 Å². The van der Waals surface area contributed by atoms with Crippen LogP contribution in [0.4, 0.5) is 0 Å². The van der Waals surface area contributed by atoms with Crippen molar-refractivity contribution in [2.75, 3.05) is 6.61 Å². The molecule has 6 nitrogen and oxygen atoms in total. The van der Waals surface area contributed by atoms with Gasteiger partial charge < -0.3 is 4.74 Å². The number of carbonyl (C=O) groups excluding carboxylic acids is 2. The number of hydrogen-bond donors (Lipinski definition) is 0. The molecular formula is C20H18N2O4. The highest BCUT2D eigenvalue weighted by Gasteiger charge is 2.13. The third kappa shape index (κ3) is 3.85. The summed E-state index contributed by atoms with van der Waals surface area (Å²) in [5.41, 5.74) is 2.36. The van der Waals surface area contributed by atoms with Gasteiger partial charge in [0.05, 0.1) is 17.2 Å². The summed E-state index contributed by atoms with van der Waals surface area (Å²) in [5, 5.41) is 0. The van der Waals surface area contributed by atoms with E-state index in [4.69, 9.17) is 4.74 Å². The molecule has 0 aliphatic heterocycles. The van der Waals surface area contributed by atoms with Gasteiger partial charge in [-0.3, -0.25) is 19.0 Å². The Morgan fingerprint density at radius 3 is 2.54 bits per heavy atom. The second-order valence-corrected chi connectivity index (χ2v) is 5.81. The van der Waals surface area contributed by atoms with Gasteiger partial charge in [0, 0.05) is 5.56 Å². The molecular weight excluding hydrogens is 332 g/mol. The molecule has 0 saturated carbocycles. The number of ether oxygens (including phenoxy) is 1. The Bertz CT molecular complexity index is 1010. The van der Waals surface area contributed by atoms with Crippen molar-refractivity contribution in [1.82, 2.24) is 9.55 Å². The van der Waals surface area contributed by atoms with Crippen LogP contribution in [0, 0.1) is 0 Å². The number of aromatic nitrogens is 2. The molecule has 1 heterocycles. The zero-order chi connectivity index (χ0) is 18.5. The molecule has 6 heteroatoms. The molecule has 0 saturated heterocycles. The molecule has 0 bridgehead atoms. The largest absolute Gasteiger partial charge is 0.456 e. The Morgan fingerprint density at radius 2 is 1.81 bits per heavy atom. The molecule has 132 valence electrons. The van der Waals surface area contributed by atoms with E-state index in [1.165, 1.54) is 4.57 Å². The van der Waals surface area contributed by atoms with Crippen LogP contribution in [0.3, 0.4) is 0 Å². The van der Waals surface area contributed by atoms with Gasteiger partial charge in [-0.15, -0.1) is 0 Å². The van der Waals surface area contributed by atoms with Crippen LogP contribution in [-0.4, -0.2) is 27.9 Å². The summed E-state index contributed by atoms with van der Waals surface area (Å²) in [6.45, 7) is 1.40. The molecule has 0 aliphatic carbocycles. The summed E-state index contributed by atoms with van der Waals surface area (Å²) in [5.74, 6) is -0.935. The minimum Gasteiger partial charge on any atom is -0.456 e. The lowest BCUT2D eigenvalue weighted by Crippen LogP contribution is -2.26. The maximum absolute atomic E-state index is 12.1. The maximum atomic E-state index is 12.1. The highest BCUT2D eigenvalue weighted by molar-refractivity contribution is 5.98. The quantitative estimate of drug-likeness (QED) is 0.504. The summed E-state index contributed by atoms with van der Waals surface area (Å²) in [6, 6.07) is 14.2. The number of Topliss-reactive ketones (excluding diaryl/α,β-unsaturated/α-hetero) is 1. The fourth-order valence-corrected chi connectivity index (χ4v) is 2.61. The van der Waals surface area contributed by atoms with Crippen LogP contribution in [0.25, 0.3) is 11.0 Å². The number of ketones is 1. The van der Waals surface area contributed by atoms with E-state index in [0.29, 0.717) is 16.6 Å². The molecule has 0 N–H and O–H groups in total. The second kappa shape index (κ2) is 7.74. The van der Waals surface area contributed by atoms with E-state index >= 15 is 0 Å². The number of nitrogens with zero attached hydrogens (tertiary/aromatic N) is 2. The first-order valence-electron chi connectivity index (χ1n) is 8.31. The van der Waals surface area contributed by atoms with Gasteiger partial charge in [-0.25, -0.2) is 4.98 Å². The highest BCUT2D eigenvalue weighted by atomic mass is 16.5. The number of esters is 1. The number of fused-ring (bicyclic) bond motifs is 1. The van der Waals surface area contributed by atoms with Crippen molar-refractivity contribution in [2.45, 2.75) is 19.9 Å². The van der Waals surface area contributed by atoms with Crippen LogP contribution >= 0.6 is 0 Å². The first-order chi connectivity index (χ1) is 12.6. The SMILES string of the molecule is CCc1ccc(C(=O)COC(=O)Cn2c(=O)cnc3ccccc32)cc1. The molecule has 2 aromatic carbocycles. The Hall–Kier alpha value is -3.28. The summed E-state index contributed by atoms with van der Waals surface area (Å²) < 4.78 is 6.34. The van der Waals surface area contributed by atoms with Gasteiger partial charge in [0.15, 0.2) is 12.4 Å². The zero-order valence-corrected chi connectivity index (χ0v) is 14.3. The minimum absolute atomic E-state index is 0.274. The highest BCUT2D eigenvalue weighted by Crippen LogP contribution is 2.09. The van der Waals surface area contributed by atoms with Gasteiger partial charge in [-0.05, 0) is 24.1 Å². The number of para-hydroxylation sites is 2. The zero-order valence-electron chi connectivity index (χ0n) is 14.3. The normalized spacial score (nSPS) is 10.7. The molecule has 26 heavy (non-hydrogen) atoms. The number of rotatable bonds is 6. The maximum Gasteiger partial charge on any atom is 0.326 e. The third-order valence-corrected chi connectivity index (χ3v) is 4.09. The Balaban J connectivity index is 1.67. The van der Waals surface area contributed by atoms with Gasteiger partial charge in [0.25, 0.3) is 5.56 Å². The molecule has 3 aromatic rings. The topological polar surface area (TPSA) is 78.3 Å². The van der Waals surface area contributed by atoms with E-state index in [9.17, 15) is 14.4 Å². The van der Waals surface area contributed by atoms with E-state index in [1.54, 1.807) is 36.4 Å². The number of hydrogen-bond acceptors (Lipinski definition) is 5. The van der Waals surface area contributed by atoms with Crippen molar-refractivity contribution in [1.29, 1.82) is 0 Å². The van der Waals surface area contributed by atoms with Gasteiger partial charge in [-0.1, -0.05) is 43.3 Å². The minimum atomic E-state index is -0.651. The average Bonchev–Trinajstić information content (AvgIpc) is 2.68. The van der Waals surface area contributed by atoms with Crippen LogP contribution in [0.1, 0.15) is 22.8 Å². The fourth-order valence-electron chi connectivity index (χ4n) is 2.61. The van der Waals surface area contributed by atoms with Crippen LogP contribution in [0.2, 0.25) is 0 Å². The first kappa shape index (κ1) is 17.5. The number of aryl methyl sites for hydroxylation is 1. The molecule has 3 rings (SSSR count).